The molecule has 0 fully saturated rings. The first-order valence-corrected chi connectivity index (χ1v) is 11.6. The summed E-state index contributed by atoms with van der Waals surface area (Å²) in [7, 11) is 0. The summed E-state index contributed by atoms with van der Waals surface area (Å²) >= 11 is 1.66. The first-order chi connectivity index (χ1) is 15.9. The number of carbonyl (C=O) groups excluding carboxylic acids is 2. The van der Waals surface area contributed by atoms with Gasteiger partial charge in [-0.25, -0.2) is 14.8 Å². The van der Waals surface area contributed by atoms with Crippen molar-refractivity contribution in [3.8, 4) is 0 Å². The highest BCUT2D eigenvalue weighted by Gasteiger charge is 2.28. The zero-order valence-electron chi connectivity index (χ0n) is 18.3. The summed E-state index contributed by atoms with van der Waals surface area (Å²) in [5.74, 6) is -1.74. The lowest BCUT2D eigenvalue weighted by Gasteiger charge is -2.15. The van der Waals surface area contributed by atoms with E-state index in [4.69, 9.17) is 0 Å². The van der Waals surface area contributed by atoms with Crippen LogP contribution in [0.5, 0.6) is 0 Å². The minimum absolute atomic E-state index is 0.103. The Balaban J connectivity index is 1.43. The minimum Gasteiger partial charge on any atom is -0.478 e. The number of hydrogen-bond donors (Lipinski definition) is 3. The molecule has 0 aliphatic heterocycles. The Morgan fingerprint density at radius 1 is 1.15 bits per heavy atom. The number of rotatable bonds is 7. The van der Waals surface area contributed by atoms with Crippen LogP contribution >= 0.6 is 11.3 Å². The van der Waals surface area contributed by atoms with E-state index in [0.717, 1.165) is 28.7 Å². The largest absolute Gasteiger partial charge is 0.478 e. The van der Waals surface area contributed by atoms with Crippen molar-refractivity contribution in [1.82, 2.24) is 20.6 Å². The average molecular weight is 465 g/mol. The molecular weight excluding hydrogens is 440 g/mol. The minimum atomic E-state index is -0.959. The molecule has 0 saturated carbocycles. The lowest BCUT2D eigenvalue weighted by Crippen LogP contribution is -2.29. The van der Waals surface area contributed by atoms with Crippen LogP contribution in [0.15, 0.2) is 36.0 Å². The second-order valence-electron chi connectivity index (χ2n) is 7.92. The summed E-state index contributed by atoms with van der Waals surface area (Å²) in [6.45, 7) is 4.26. The van der Waals surface area contributed by atoms with Gasteiger partial charge < -0.3 is 15.7 Å². The monoisotopic (exact) mass is 464 g/mol. The fourth-order valence-corrected chi connectivity index (χ4v) is 4.92. The number of aryl methyl sites for hydroxylation is 1. The van der Waals surface area contributed by atoms with Crippen LogP contribution in [-0.2, 0) is 19.4 Å². The van der Waals surface area contributed by atoms with Crippen LogP contribution in [-0.4, -0.2) is 32.9 Å². The summed E-state index contributed by atoms with van der Waals surface area (Å²) in [6, 6.07) is 6.53. The van der Waals surface area contributed by atoms with Crippen molar-refractivity contribution < 1.29 is 19.5 Å². The van der Waals surface area contributed by atoms with Crippen molar-refractivity contribution in [3.63, 3.8) is 0 Å². The van der Waals surface area contributed by atoms with Crippen LogP contribution < -0.4 is 10.6 Å². The van der Waals surface area contributed by atoms with Gasteiger partial charge in [-0.15, -0.1) is 11.3 Å². The fraction of sp³-hybridized carbons (Fsp3) is 0.292. The van der Waals surface area contributed by atoms with E-state index in [1.54, 1.807) is 30.4 Å². The molecule has 2 amide bonds. The number of benzene rings is 1. The van der Waals surface area contributed by atoms with E-state index in [9.17, 15) is 19.5 Å². The highest BCUT2D eigenvalue weighted by Crippen LogP contribution is 2.34. The van der Waals surface area contributed by atoms with E-state index >= 15 is 0 Å². The third-order valence-corrected chi connectivity index (χ3v) is 7.00. The molecule has 1 aromatic carbocycles. The van der Waals surface area contributed by atoms with E-state index in [2.05, 4.69) is 33.6 Å². The predicted molar refractivity (Wildman–Crippen MR) is 124 cm³/mol. The Bertz CT molecular complexity index is 1240. The molecule has 1 atom stereocenters. The first-order valence-electron chi connectivity index (χ1n) is 10.7. The molecule has 0 bridgehead atoms. The van der Waals surface area contributed by atoms with Crippen molar-refractivity contribution >= 4 is 29.1 Å². The van der Waals surface area contributed by atoms with Crippen LogP contribution in [0.3, 0.4) is 0 Å². The lowest BCUT2D eigenvalue weighted by molar-refractivity contribution is 0.0695. The van der Waals surface area contributed by atoms with Gasteiger partial charge in [0, 0.05) is 17.5 Å². The third kappa shape index (κ3) is 4.78. The van der Waals surface area contributed by atoms with Gasteiger partial charge in [-0.3, -0.25) is 9.59 Å². The molecule has 4 rings (SSSR count). The number of aromatic carboxylic acids is 1. The summed E-state index contributed by atoms with van der Waals surface area (Å²) in [5, 5.41) is 17.1. The first kappa shape index (κ1) is 22.6. The topological polar surface area (TPSA) is 121 Å². The van der Waals surface area contributed by atoms with Crippen LogP contribution in [0.1, 0.15) is 77.9 Å². The number of carboxylic acids is 1. The number of carbonyl (C=O) groups is 3. The van der Waals surface area contributed by atoms with Crippen molar-refractivity contribution in [2.45, 2.75) is 45.7 Å². The third-order valence-electron chi connectivity index (χ3n) is 5.87. The summed E-state index contributed by atoms with van der Waals surface area (Å²) < 4.78 is 0. The molecule has 1 aliphatic rings. The van der Waals surface area contributed by atoms with Crippen LogP contribution in [0, 0.1) is 6.92 Å². The van der Waals surface area contributed by atoms with Crippen molar-refractivity contribution in [2.75, 3.05) is 0 Å². The second kappa shape index (κ2) is 9.50. The van der Waals surface area contributed by atoms with Gasteiger partial charge in [0.2, 0.25) is 0 Å². The Morgan fingerprint density at radius 2 is 1.91 bits per heavy atom. The molecule has 3 N–H and O–H groups in total. The van der Waals surface area contributed by atoms with Crippen molar-refractivity contribution in [2.24, 2.45) is 0 Å². The molecule has 1 aliphatic carbocycles. The molecule has 2 aromatic heterocycles. The normalized spacial score (nSPS) is 14.5. The maximum absolute atomic E-state index is 12.8. The molecule has 2 heterocycles. The Hall–Kier alpha value is -3.59. The van der Waals surface area contributed by atoms with E-state index in [0.29, 0.717) is 19.4 Å². The Labute approximate surface area is 195 Å². The van der Waals surface area contributed by atoms with Crippen LogP contribution in [0.25, 0.3) is 0 Å². The van der Waals surface area contributed by atoms with Crippen LogP contribution in [0.4, 0.5) is 0 Å². The second-order valence-corrected chi connectivity index (χ2v) is 8.92. The standard InChI is InChI=1S/C24H24N4O4S/c1-3-15-8-14(11-33-15)10-25-22(29)20-9-21(27-12-26-20)23(30)28-19-7-6-16-13(2)17(24(31)32)4-5-18(16)19/h4-5,8-9,11-12,19H,3,6-7,10H2,1-2H3,(H,25,29)(H,28,30)(H,31,32)/t19-/m0/s1. The smallest absolute Gasteiger partial charge is 0.335 e. The maximum Gasteiger partial charge on any atom is 0.335 e. The van der Waals surface area contributed by atoms with Gasteiger partial charge in [-0.2, -0.15) is 0 Å². The van der Waals surface area contributed by atoms with E-state index in [1.807, 2.05) is 5.38 Å². The van der Waals surface area contributed by atoms with Crippen LogP contribution in [0.2, 0.25) is 0 Å². The van der Waals surface area contributed by atoms with Gasteiger partial charge in [0.1, 0.15) is 17.7 Å². The van der Waals surface area contributed by atoms with Crippen molar-refractivity contribution in [3.05, 3.63) is 80.1 Å². The Kier molecular flexibility index (Phi) is 6.50. The number of fused-ring (bicyclic) bond motifs is 1. The maximum atomic E-state index is 12.8. The van der Waals surface area contributed by atoms with Gasteiger partial charge in [0.15, 0.2) is 0 Å². The molecule has 3 aromatic rings. The SMILES string of the molecule is CCc1cc(CNC(=O)c2cc(C(=O)N[C@H]3CCc4c3ccc(C(=O)O)c4C)ncn2)cs1. The molecule has 0 saturated heterocycles. The number of carboxylic acid groups (broad SMARTS) is 1. The van der Waals surface area contributed by atoms with Gasteiger partial charge in [0.25, 0.3) is 11.8 Å². The summed E-state index contributed by atoms with van der Waals surface area (Å²) in [5.41, 5.74) is 4.14. The van der Waals surface area contributed by atoms with Gasteiger partial charge >= 0.3 is 5.97 Å². The molecule has 0 radical (unpaired) electrons. The van der Waals surface area contributed by atoms with Crippen molar-refractivity contribution in [1.29, 1.82) is 0 Å². The summed E-state index contributed by atoms with van der Waals surface area (Å²) in [6.07, 6.45) is 3.51. The lowest BCUT2D eigenvalue weighted by atomic mass is 9.98. The molecule has 0 unspecified atom stereocenters. The molecule has 170 valence electrons. The predicted octanol–water partition coefficient (Wildman–Crippen LogP) is 3.45. The molecule has 0 spiro atoms. The number of aromatic nitrogens is 2. The number of amides is 2. The van der Waals surface area contributed by atoms with E-state index in [1.165, 1.54) is 17.3 Å². The van der Waals surface area contributed by atoms with Gasteiger partial charge in [-0.1, -0.05) is 13.0 Å². The van der Waals surface area contributed by atoms with E-state index in [-0.39, 0.29) is 28.9 Å². The highest BCUT2D eigenvalue weighted by atomic mass is 32.1. The number of nitrogens with zero attached hydrogens (tertiary/aromatic N) is 2. The van der Waals surface area contributed by atoms with E-state index < -0.39 is 11.9 Å². The number of hydrogen-bond acceptors (Lipinski definition) is 6. The summed E-state index contributed by atoms with van der Waals surface area (Å²) in [4.78, 5) is 46.0. The zero-order valence-corrected chi connectivity index (χ0v) is 19.2. The Morgan fingerprint density at radius 3 is 2.61 bits per heavy atom. The average Bonchev–Trinajstić information content (AvgIpc) is 3.45. The van der Waals surface area contributed by atoms with Gasteiger partial charge in [0.05, 0.1) is 11.6 Å². The number of nitrogens with one attached hydrogen (secondary N) is 2. The fourth-order valence-electron chi connectivity index (χ4n) is 4.08. The number of thiophene rings is 1. The zero-order chi connectivity index (χ0) is 23.5. The highest BCUT2D eigenvalue weighted by molar-refractivity contribution is 7.10. The van der Waals surface area contributed by atoms with Gasteiger partial charge in [-0.05, 0) is 66.0 Å². The molecule has 33 heavy (non-hydrogen) atoms. The molecular formula is C24H24N4O4S. The quantitative estimate of drug-likeness (QED) is 0.492. The molecule has 9 heteroatoms. The molecule has 8 nitrogen and oxygen atoms in total.